The lowest BCUT2D eigenvalue weighted by Crippen LogP contribution is -2.21. The van der Waals surface area contributed by atoms with Crippen molar-refractivity contribution in [2.75, 3.05) is 11.9 Å². The molecule has 4 nitrogen and oxygen atoms in total. The molecule has 0 bridgehead atoms. The fraction of sp³-hybridized carbons (Fsp3) is 0.158. The topological polar surface area (TPSA) is 63.8 Å². The molecule has 1 heterocycles. The molecule has 3 rings (SSSR count). The quantitative estimate of drug-likeness (QED) is 0.493. The summed E-state index contributed by atoms with van der Waals surface area (Å²) in [6, 6.07) is 8.68. The summed E-state index contributed by atoms with van der Waals surface area (Å²) in [6.07, 6.45) is -3.28. The highest BCUT2D eigenvalue weighted by molar-refractivity contribution is 6.31. The van der Waals surface area contributed by atoms with Crippen LogP contribution in [0.5, 0.6) is 0 Å². The summed E-state index contributed by atoms with van der Waals surface area (Å²) in [5.41, 5.74) is 6.45. The number of hydrogen-bond acceptors (Lipinski definition) is 4. The van der Waals surface area contributed by atoms with Gasteiger partial charge in [0.1, 0.15) is 18.0 Å². The predicted octanol–water partition coefficient (Wildman–Crippen LogP) is 5.72. The van der Waals surface area contributed by atoms with Crippen molar-refractivity contribution in [3.05, 3.63) is 75.8 Å². The summed E-state index contributed by atoms with van der Waals surface area (Å²) in [5.74, 6) is -0.168. The van der Waals surface area contributed by atoms with Crippen molar-refractivity contribution in [2.45, 2.75) is 12.2 Å². The number of anilines is 1. The van der Waals surface area contributed by atoms with Gasteiger partial charge in [0.2, 0.25) is 0 Å². The second-order valence-corrected chi connectivity index (χ2v) is 6.96. The Balaban J connectivity index is 1.74. The third-order valence-electron chi connectivity index (χ3n) is 4.11. The number of alkyl halides is 3. The molecule has 0 saturated carbocycles. The molecular weight excluding hydrogens is 431 g/mol. The zero-order valence-electron chi connectivity index (χ0n) is 14.6. The minimum absolute atomic E-state index is 0.00422. The van der Waals surface area contributed by atoms with Gasteiger partial charge in [0, 0.05) is 24.2 Å². The fourth-order valence-electron chi connectivity index (χ4n) is 2.59. The van der Waals surface area contributed by atoms with Crippen LogP contribution in [0, 0.1) is 5.82 Å². The smallest absolute Gasteiger partial charge is 0.368 e. The van der Waals surface area contributed by atoms with Gasteiger partial charge >= 0.3 is 6.18 Å². The average molecular weight is 445 g/mol. The van der Waals surface area contributed by atoms with Crippen LogP contribution in [-0.4, -0.2) is 16.5 Å². The highest BCUT2D eigenvalue weighted by Crippen LogP contribution is 2.36. The van der Waals surface area contributed by atoms with Crippen molar-refractivity contribution in [1.29, 1.82) is 0 Å². The van der Waals surface area contributed by atoms with Gasteiger partial charge in [-0.25, -0.2) is 14.4 Å². The highest BCUT2D eigenvalue weighted by atomic mass is 35.5. The van der Waals surface area contributed by atoms with Crippen LogP contribution in [0.4, 0.5) is 23.4 Å². The van der Waals surface area contributed by atoms with Crippen LogP contribution < -0.4 is 11.1 Å². The van der Waals surface area contributed by atoms with E-state index in [1.807, 2.05) is 0 Å². The van der Waals surface area contributed by atoms with Gasteiger partial charge in [0.25, 0.3) is 0 Å². The van der Waals surface area contributed by atoms with Crippen LogP contribution in [0.3, 0.4) is 0 Å². The fourth-order valence-corrected chi connectivity index (χ4v) is 3.00. The van der Waals surface area contributed by atoms with E-state index in [0.717, 1.165) is 6.07 Å². The van der Waals surface area contributed by atoms with Gasteiger partial charge in [0.15, 0.2) is 0 Å². The zero-order chi connectivity index (χ0) is 21.2. The summed E-state index contributed by atoms with van der Waals surface area (Å²) in [7, 11) is 0. The first-order valence-electron chi connectivity index (χ1n) is 8.28. The van der Waals surface area contributed by atoms with Gasteiger partial charge in [-0.15, -0.1) is 0 Å². The highest BCUT2D eigenvalue weighted by Gasteiger charge is 2.33. The Morgan fingerprint density at radius 1 is 1.00 bits per heavy atom. The van der Waals surface area contributed by atoms with Gasteiger partial charge in [0.05, 0.1) is 21.3 Å². The minimum Gasteiger partial charge on any atom is -0.368 e. The lowest BCUT2D eigenvalue weighted by Gasteiger charge is -2.14. The molecule has 1 atom stereocenters. The van der Waals surface area contributed by atoms with E-state index in [2.05, 4.69) is 15.3 Å². The Kier molecular flexibility index (Phi) is 6.26. The number of aromatic nitrogens is 2. The van der Waals surface area contributed by atoms with Crippen LogP contribution in [0.2, 0.25) is 10.0 Å². The maximum Gasteiger partial charge on any atom is 0.417 e. The molecule has 3 N–H and O–H groups in total. The number of nitrogens with two attached hydrogens (primary N) is 1. The lowest BCUT2D eigenvalue weighted by molar-refractivity contribution is -0.137. The van der Waals surface area contributed by atoms with E-state index >= 15 is 0 Å². The van der Waals surface area contributed by atoms with Crippen molar-refractivity contribution >= 4 is 29.0 Å². The third-order valence-corrected chi connectivity index (χ3v) is 4.73. The molecule has 1 unspecified atom stereocenters. The molecule has 0 spiro atoms. The largest absolute Gasteiger partial charge is 0.417 e. The van der Waals surface area contributed by atoms with Crippen molar-refractivity contribution in [3.8, 4) is 11.3 Å². The Labute approximate surface area is 173 Å². The van der Waals surface area contributed by atoms with Crippen molar-refractivity contribution in [3.63, 3.8) is 0 Å². The Hall–Kier alpha value is -2.42. The van der Waals surface area contributed by atoms with E-state index in [9.17, 15) is 17.6 Å². The van der Waals surface area contributed by atoms with Gasteiger partial charge in [-0.1, -0.05) is 35.3 Å². The molecule has 0 fully saturated rings. The van der Waals surface area contributed by atoms with Crippen LogP contribution in [0.15, 0.2) is 48.8 Å². The Morgan fingerprint density at radius 3 is 2.41 bits per heavy atom. The monoisotopic (exact) mass is 444 g/mol. The number of halogens is 6. The van der Waals surface area contributed by atoms with E-state index in [-0.39, 0.29) is 11.6 Å². The normalized spacial score (nSPS) is 12.7. The Morgan fingerprint density at radius 2 is 1.76 bits per heavy atom. The van der Waals surface area contributed by atoms with Crippen LogP contribution in [0.25, 0.3) is 11.3 Å². The number of nitrogens with zero attached hydrogens (tertiary/aromatic N) is 2. The van der Waals surface area contributed by atoms with Crippen molar-refractivity contribution in [1.82, 2.24) is 9.97 Å². The molecule has 0 amide bonds. The Bertz CT molecular complexity index is 1030. The molecule has 10 heteroatoms. The van der Waals surface area contributed by atoms with E-state index in [0.29, 0.717) is 22.6 Å². The van der Waals surface area contributed by atoms with Crippen molar-refractivity contribution < 1.29 is 17.6 Å². The molecule has 0 aliphatic heterocycles. The summed E-state index contributed by atoms with van der Waals surface area (Å²) in [4.78, 5) is 8.12. The van der Waals surface area contributed by atoms with Crippen LogP contribution in [-0.2, 0) is 6.18 Å². The molecule has 0 aliphatic carbocycles. The van der Waals surface area contributed by atoms with Crippen LogP contribution >= 0.6 is 23.2 Å². The lowest BCUT2D eigenvalue weighted by atomic mass is 10.1. The second kappa shape index (κ2) is 8.52. The molecule has 0 aliphatic rings. The van der Waals surface area contributed by atoms with Gasteiger partial charge in [-0.2, -0.15) is 13.2 Å². The maximum atomic E-state index is 13.6. The van der Waals surface area contributed by atoms with Crippen LogP contribution in [0.1, 0.15) is 17.2 Å². The summed E-state index contributed by atoms with van der Waals surface area (Å²) < 4.78 is 52.1. The second-order valence-electron chi connectivity index (χ2n) is 6.14. The molecule has 2 aromatic carbocycles. The number of nitrogens with one attached hydrogen (secondary N) is 1. The number of hydrogen-bond donors (Lipinski definition) is 2. The average Bonchev–Trinajstić information content (AvgIpc) is 2.67. The van der Waals surface area contributed by atoms with E-state index < -0.39 is 28.6 Å². The van der Waals surface area contributed by atoms with Gasteiger partial charge < -0.3 is 11.1 Å². The van der Waals surface area contributed by atoms with Crippen molar-refractivity contribution in [2.24, 2.45) is 5.73 Å². The van der Waals surface area contributed by atoms with Gasteiger partial charge in [-0.3, -0.25) is 0 Å². The molecule has 29 heavy (non-hydrogen) atoms. The zero-order valence-corrected chi connectivity index (χ0v) is 16.2. The SMILES string of the molecule is NC(CNc1cc(-c2ccc(C(F)(F)F)c(Cl)c2)ncn1)c1ccc(Cl)c(F)c1. The maximum absolute atomic E-state index is 13.6. The minimum atomic E-state index is -4.54. The third kappa shape index (κ3) is 5.14. The first-order valence-corrected chi connectivity index (χ1v) is 9.04. The molecular formula is C19H14Cl2F4N4. The predicted molar refractivity (Wildman–Crippen MR) is 104 cm³/mol. The summed E-state index contributed by atoms with van der Waals surface area (Å²) >= 11 is 11.4. The summed E-state index contributed by atoms with van der Waals surface area (Å²) in [5, 5.41) is 2.58. The molecule has 1 aromatic heterocycles. The van der Waals surface area contributed by atoms with Gasteiger partial charge in [-0.05, 0) is 29.8 Å². The molecule has 152 valence electrons. The molecule has 0 radical (unpaired) electrons. The van der Waals surface area contributed by atoms with E-state index in [1.54, 1.807) is 12.1 Å². The van der Waals surface area contributed by atoms with E-state index in [4.69, 9.17) is 28.9 Å². The number of rotatable bonds is 5. The van der Waals surface area contributed by atoms with E-state index in [1.165, 1.54) is 30.6 Å². The first-order chi connectivity index (χ1) is 13.6. The molecule has 3 aromatic rings. The molecule has 0 saturated heterocycles. The number of benzene rings is 2. The first kappa shape index (κ1) is 21.3. The summed E-state index contributed by atoms with van der Waals surface area (Å²) in [6.45, 7) is 0.227. The standard InChI is InChI=1S/C19H14Cl2F4N4/c20-13-4-2-10(6-15(13)22)16(26)8-27-18-7-17(28-9-29-18)11-1-3-12(14(21)5-11)19(23,24)25/h1-7,9,16H,8,26H2,(H,27,28,29).